The Morgan fingerprint density at radius 1 is 0.496 bits per heavy atom. The van der Waals surface area contributed by atoms with Crippen molar-refractivity contribution in [3.63, 3.8) is 0 Å². The average Bonchev–Trinajstić information content (AvgIpc) is 0.886. The molecular formula is C84H91Cl3F6N14O10. The third-order valence-electron chi connectivity index (χ3n) is 17.8. The van der Waals surface area contributed by atoms with Crippen LogP contribution in [0.15, 0.2) is 183 Å². The number of nitrogens with two attached hydrogens (primary N) is 3. The van der Waals surface area contributed by atoms with Gasteiger partial charge in [-0.05, 0) is 202 Å². The molecule has 5 heterocycles. The van der Waals surface area contributed by atoms with Crippen molar-refractivity contribution in [3.05, 3.63) is 243 Å². The molecule has 13 rings (SSSR count). The van der Waals surface area contributed by atoms with Crippen LogP contribution in [0.5, 0.6) is 23.0 Å². The summed E-state index contributed by atoms with van der Waals surface area (Å²) in [5.74, 6) is 1.97. The molecule has 2 saturated heterocycles. The highest BCUT2D eigenvalue weighted by Crippen LogP contribution is 2.39. The van der Waals surface area contributed by atoms with Crippen molar-refractivity contribution in [2.45, 2.75) is 85.0 Å². The van der Waals surface area contributed by atoms with Crippen LogP contribution in [0, 0.1) is 17.5 Å². The first-order chi connectivity index (χ1) is 55.8. The Morgan fingerprint density at radius 3 is 1.31 bits per heavy atom. The van der Waals surface area contributed by atoms with Gasteiger partial charge < -0.3 is 66.6 Å². The summed E-state index contributed by atoms with van der Waals surface area (Å²) in [6, 6.07) is 38.9. The Hall–Kier alpha value is -11.5. The minimum atomic E-state index is -4.64. The van der Waals surface area contributed by atoms with E-state index in [1.165, 1.54) is 100.0 Å². The third kappa shape index (κ3) is 27.9. The number of carbonyl (C=O) groups is 3. The maximum Gasteiger partial charge on any atom is 0.446 e. The smallest absolute Gasteiger partial charge is 0.446 e. The lowest BCUT2D eigenvalue weighted by molar-refractivity contribution is -0.156. The summed E-state index contributed by atoms with van der Waals surface area (Å²) in [4.78, 5) is 64.0. The van der Waals surface area contributed by atoms with Gasteiger partial charge in [0.25, 0.3) is 0 Å². The van der Waals surface area contributed by atoms with E-state index in [9.17, 15) is 46.1 Å². The van der Waals surface area contributed by atoms with Crippen molar-refractivity contribution in [1.82, 2.24) is 39.7 Å². The number of likely N-dealkylation sites (tertiary alicyclic amines) is 2. The van der Waals surface area contributed by atoms with E-state index in [-0.39, 0.29) is 54.1 Å². The molecule has 8 aromatic carbocycles. The number of piperidine rings is 2. The van der Waals surface area contributed by atoms with Crippen molar-refractivity contribution in [3.8, 4) is 23.0 Å². The number of anilines is 7. The Balaban J connectivity index is 0.000000208. The zero-order valence-electron chi connectivity index (χ0n) is 63.7. The number of hydrogen-bond donors (Lipinski definition) is 7. The molecule has 2 aliphatic rings. The number of nitrogens with zero attached hydrogens (tertiary/aromatic N) is 10. The van der Waals surface area contributed by atoms with Crippen LogP contribution >= 0.6 is 34.8 Å². The van der Waals surface area contributed by atoms with E-state index >= 15 is 0 Å². The minimum absolute atomic E-state index is 0. The largest absolute Gasteiger partial charge is 0.493 e. The van der Waals surface area contributed by atoms with E-state index in [1.807, 2.05) is 82.6 Å². The molecule has 0 saturated carbocycles. The van der Waals surface area contributed by atoms with Gasteiger partial charge in [-0.25, -0.2) is 43.1 Å². The standard InChI is InChI=1S/C24H22ClFN4O3.C24H21ClFN3O3.C15H11ClFN3O.2C9H16N2O.C2HF3O.CH4/c1-32-22-6-3-14(7-23(22)33-2)11-30(16-4-5-19(26)18(25)9-16)24-17-10-20(27)15(12-31)8-21(17)28-13-29-24;1-31-22-8-4-15(10-23(22)32-2)12-29(17-5-7-20(26)19(25)11-17)24-18-6-3-16(13-30)9-21(18)27-14-28-24;16-12-6-10(2-4-13(12)17)20-15-11-3-1-9(7-21)5-14(11)18-8-19-15;2*10-9(12)5-4-8-11-6-2-1-3-7-11;3-2(4,5)1-6;/h3-10,13,31H,11-12,27H2,1-2H3;3-11,14,30H,12-13H2,1-2H3;1-6,8,21H,7H2,(H,18,19,20);2*4-5H,1-3,6-8H2,(H2,10,12);1H;1H4/b;;;2*5-4+;;. The Morgan fingerprint density at radius 2 is 0.897 bits per heavy atom. The summed E-state index contributed by atoms with van der Waals surface area (Å²) < 4.78 is 93.8. The number of primary amides is 2. The number of ether oxygens (including phenoxy) is 4. The molecule has 0 atom stereocenters. The lowest BCUT2D eigenvalue weighted by Gasteiger charge is -2.26. The van der Waals surface area contributed by atoms with Crippen LogP contribution < -0.4 is 51.3 Å². The molecule has 0 spiro atoms. The maximum atomic E-state index is 13.9. The summed E-state index contributed by atoms with van der Waals surface area (Å²) in [5, 5.41) is 33.6. The van der Waals surface area contributed by atoms with Crippen molar-refractivity contribution in [2.75, 3.05) is 88.6 Å². The van der Waals surface area contributed by atoms with Crippen LogP contribution in [-0.2, 0) is 47.3 Å². The minimum Gasteiger partial charge on any atom is -0.493 e. The molecule has 620 valence electrons. The molecule has 33 heteroatoms. The summed E-state index contributed by atoms with van der Waals surface area (Å²) in [5.41, 5.74) is 24.3. The lowest BCUT2D eigenvalue weighted by atomic mass is 10.1. The average molecular weight is 1680 g/mol. The number of alkyl halides is 3. The number of aliphatic hydroxyl groups is 3. The first-order valence-electron chi connectivity index (χ1n) is 36.1. The van der Waals surface area contributed by atoms with Crippen LogP contribution in [0.2, 0.25) is 15.1 Å². The Kier molecular flexibility index (Phi) is 36.7. The number of halogens is 9. The van der Waals surface area contributed by atoms with Crippen LogP contribution in [0.3, 0.4) is 0 Å². The number of amides is 2. The number of nitrogens with one attached hydrogen (secondary N) is 1. The monoisotopic (exact) mass is 1670 g/mol. The summed E-state index contributed by atoms with van der Waals surface area (Å²) in [6.07, 6.45) is 13.0. The number of rotatable bonds is 23. The normalized spacial score (nSPS) is 12.7. The molecule has 2 fully saturated rings. The number of nitrogen functional groups attached to an aromatic ring is 1. The van der Waals surface area contributed by atoms with Gasteiger partial charge in [0.05, 0.1) is 79.9 Å². The fourth-order valence-electron chi connectivity index (χ4n) is 12.0. The highest BCUT2D eigenvalue weighted by molar-refractivity contribution is 6.31. The fourth-order valence-corrected chi connectivity index (χ4v) is 12.6. The summed E-state index contributed by atoms with van der Waals surface area (Å²) >= 11 is 18.0. The topological polar surface area (TPSA) is 329 Å². The van der Waals surface area contributed by atoms with E-state index < -0.39 is 29.9 Å². The van der Waals surface area contributed by atoms with Gasteiger partial charge in [-0.2, -0.15) is 13.2 Å². The van der Waals surface area contributed by atoms with E-state index in [0.717, 1.165) is 72.3 Å². The molecule has 0 aliphatic carbocycles. The molecule has 0 radical (unpaired) electrons. The predicted octanol–water partition coefficient (Wildman–Crippen LogP) is 16.2. The predicted molar refractivity (Wildman–Crippen MR) is 445 cm³/mol. The lowest BCUT2D eigenvalue weighted by Crippen LogP contribution is -2.29. The first kappa shape index (κ1) is 92.7. The van der Waals surface area contributed by atoms with Gasteiger partial charge in [0.15, 0.2) is 23.0 Å². The van der Waals surface area contributed by atoms with Gasteiger partial charge in [0.2, 0.25) is 18.1 Å². The highest BCUT2D eigenvalue weighted by Gasteiger charge is 2.25. The molecule has 2 amide bonds. The molecular weight excluding hydrogens is 1590 g/mol. The molecule has 2 aliphatic heterocycles. The van der Waals surface area contributed by atoms with Crippen LogP contribution in [0.1, 0.15) is 73.8 Å². The van der Waals surface area contributed by atoms with Crippen LogP contribution in [-0.4, -0.2) is 147 Å². The number of hydrogen-bond acceptors (Lipinski definition) is 22. The molecule has 24 nitrogen and oxygen atoms in total. The van der Waals surface area contributed by atoms with Gasteiger partial charge in [-0.1, -0.05) is 91.5 Å². The number of benzene rings is 8. The van der Waals surface area contributed by atoms with Crippen molar-refractivity contribution < 1.29 is 75.0 Å². The number of methoxy groups -OCH3 is 4. The van der Waals surface area contributed by atoms with Gasteiger partial charge in [-0.15, -0.1) is 0 Å². The fraction of sp³-hybridized carbons (Fsp3) is 0.274. The van der Waals surface area contributed by atoms with Crippen LogP contribution in [0.25, 0.3) is 32.7 Å². The molecule has 117 heavy (non-hydrogen) atoms. The first-order valence-corrected chi connectivity index (χ1v) is 37.2. The van der Waals surface area contributed by atoms with E-state index in [1.54, 1.807) is 77.0 Å². The van der Waals surface area contributed by atoms with E-state index in [2.05, 4.69) is 45.0 Å². The molecule has 11 aromatic rings. The number of aromatic nitrogens is 6. The second-order valence-electron chi connectivity index (χ2n) is 25.9. The highest BCUT2D eigenvalue weighted by atomic mass is 35.5. The number of aldehydes is 1. The Bertz CT molecular complexity index is 5150. The van der Waals surface area contributed by atoms with Crippen LogP contribution in [0.4, 0.5) is 66.5 Å². The molecule has 10 N–H and O–H groups in total. The summed E-state index contributed by atoms with van der Waals surface area (Å²) in [6.45, 7) is 6.77. The molecule has 0 unspecified atom stereocenters. The maximum absolute atomic E-state index is 13.9. The number of aliphatic hydroxyl groups excluding tert-OH is 3. The van der Waals surface area contributed by atoms with Crippen molar-refractivity contribution >= 4 is 126 Å². The van der Waals surface area contributed by atoms with E-state index in [0.29, 0.717) is 104 Å². The zero-order valence-corrected chi connectivity index (χ0v) is 66.0. The van der Waals surface area contributed by atoms with E-state index in [4.69, 9.17) is 80.9 Å². The third-order valence-corrected chi connectivity index (χ3v) is 18.7. The van der Waals surface area contributed by atoms with Crippen molar-refractivity contribution in [1.29, 1.82) is 0 Å². The second-order valence-corrected chi connectivity index (χ2v) is 27.1. The second kappa shape index (κ2) is 46.3. The SMILES string of the molecule is C.COc1ccc(CN(c2ccc(F)c(Cl)c2)c2ncnc3cc(CO)c(N)cc23)cc1OC.COc1ccc(CN(c2ccc(F)c(Cl)c2)c2ncnc3cc(CO)ccc23)cc1OC.NC(=O)/C=C/CN1CCCCC1.NC(=O)/C=C/CN1CCCCC1.O=CC(F)(F)F.OCc1ccc2c(Nc3ccc(F)c(Cl)c3)ncnc2c1. The zero-order chi connectivity index (χ0) is 83.8. The van der Waals surface area contributed by atoms with Gasteiger partial charge in [-0.3, -0.25) is 24.2 Å². The van der Waals surface area contributed by atoms with Gasteiger partial charge in [0, 0.05) is 70.7 Å². The van der Waals surface area contributed by atoms with Gasteiger partial charge >= 0.3 is 6.18 Å². The summed E-state index contributed by atoms with van der Waals surface area (Å²) in [7, 11) is 6.30. The van der Waals surface area contributed by atoms with Gasteiger partial charge in [0.1, 0.15) is 53.9 Å². The number of fused-ring (bicyclic) bond motifs is 3. The molecule has 0 bridgehead atoms. The molecule has 3 aromatic heterocycles. The number of carbonyl (C=O) groups excluding carboxylic acids is 3. The Labute approximate surface area is 688 Å². The van der Waals surface area contributed by atoms with Crippen molar-refractivity contribution in [2.24, 2.45) is 11.5 Å². The quantitative estimate of drug-likeness (QED) is 0.0135.